The minimum atomic E-state index is -0.0528. The molecule has 2 aromatic carbocycles. The highest BCUT2D eigenvalue weighted by molar-refractivity contribution is 5.80. The van der Waals surface area contributed by atoms with Gasteiger partial charge in [-0.15, -0.1) is 0 Å². The molecule has 0 saturated heterocycles. The van der Waals surface area contributed by atoms with Crippen LogP contribution >= 0.6 is 0 Å². The van der Waals surface area contributed by atoms with Gasteiger partial charge in [0, 0.05) is 16.5 Å². The van der Waals surface area contributed by atoms with Crippen molar-refractivity contribution in [2.24, 2.45) is 0 Å². The zero-order valence-electron chi connectivity index (χ0n) is 11.2. The Kier molecular flexibility index (Phi) is 3.35. The van der Waals surface area contributed by atoms with E-state index in [-0.39, 0.29) is 6.61 Å². The summed E-state index contributed by atoms with van der Waals surface area (Å²) in [6.45, 7) is 1.92. The molecule has 0 unspecified atom stereocenters. The normalized spacial score (nSPS) is 10.7. The summed E-state index contributed by atoms with van der Waals surface area (Å²) in [5.41, 5.74) is 2.62. The fourth-order valence-electron chi connectivity index (χ4n) is 2.15. The molecule has 1 N–H and O–H groups in total. The smallest absolute Gasteiger partial charge is 0.222 e. The van der Waals surface area contributed by atoms with E-state index in [0.29, 0.717) is 11.6 Å². The number of para-hydroxylation sites is 2. The Morgan fingerprint density at radius 1 is 1.05 bits per heavy atom. The first kappa shape index (κ1) is 12.6. The molecule has 0 bridgehead atoms. The Balaban J connectivity index is 2.04. The van der Waals surface area contributed by atoms with E-state index in [4.69, 9.17) is 4.74 Å². The predicted octanol–water partition coefficient (Wildman–Crippen LogP) is 3.83. The molecule has 20 heavy (non-hydrogen) atoms. The molecule has 0 aliphatic heterocycles. The summed E-state index contributed by atoms with van der Waals surface area (Å²) in [6.07, 6.45) is 0. The summed E-state index contributed by atoms with van der Waals surface area (Å²) in [4.78, 5) is 4.54. The van der Waals surface area contributed by atoms with Gasteiger partial charge < -0.3 is 9.84 Å². The van der Waals surface area contributed by atoms with E-state index < -0.39 is 0 Å². The van der Waals surface area contributed by atoms with Crippen LogP contribution in [0, 0.1) is 6.92 Å². The third kappa shape index (κ3) is 2.36. The van der Waals surface area contributed by atoms with Crippen LogP contribution in [0.3, 0.4) is 0 Å². The minimum absolute atomic E-state index is 0.0528. The van der Waals surface area contributed by atoms with Crippen LogP contribution in [0.15, 0.2) is 54.6 Å². The topological polar surface area (TPSA) is 42.4 Å². The predicted molar refractivity (Wildman–Crippen MR) is 78.9 cm³/mol. The molecule has 3 rings (SSSR count). The highest BCUT2D eigenvalue weighted by Crippen LogP contribution is 2.28. The average Bonchev–Trinajstić information content (AvgIpc) is 2.48. The lowest BCUT2D eigenvalue weighted by Crippen LogP contribution is -1.95. The van der Waals surface area contributed by atoms with Crippen LogP contribution in [-0.4, -0.2) is 10.1 Å². The van der Waals surface area contributed by atoms with Gasteiger partial charge in [0.1, 0.15) is 5.75 Å². The van der Waals surface area contributed by atoms with Crippen molar-refractivity contribution in [1.82, 2.24) is 4.98 Å². The quantitative estimate of drug-likeness (QED) is 0.782. The van der Waals surface area contributed by atoms with Gasteiger partial charge in [0.15, 0.2) is 0 Å². The third-order valence-electron chi connectivity index (χ3n) is 3.22. The largest absolute Gasteiger partial charge is 0.438 e. The van der Waals surface area contributed by atoms with Crippen molar-refractivity contribution in [3.63, 3.8) is 0 Å². The molecule has 100 valence electrons. The van der Waals surface area contributed by atoms with Gasteiger partial charge in [-0.05, 0) is 25.1 Å². The van der Waals surface area contributed by atoms with Crippen LogP contribution in [0.4, 0.5) is 0 Å². The first-order valence-electron chi connectivity index (χ1n) is 6.51. The molecule has 0 spiro atoms. The summed E-state index contributed by atoms with van der Waals surface area (Å²) < 4.78 is 5.87. The number of fused-ring (bicyclic) bond motifs is 1. The van der Waals surface area contributed by atoms with Gasteiger partial charge in [-0.3, -0.25) is 0 Å². The summed E-state index contributed by atoms with van der Waals surface area (Å²) in [5, 5.41) is 10.4. The molecule has 3 nitrogen and oxygen atoms in total. The molecular formula is C17H15NO2. The zero-order chi connectivity index (χ0) is 13.9. The molecule has 0 aliphatic rings. The fourth-order valence-corrected chi connectivity index (χ4v) is 2.15. The fraction of sp³-hybridized carbons (Fsp3) is 0.118. The number of aliphatic hydroxyl groups is 1. The van der Waals surface area contributed by atoms with Crippen LogP contribution < -0.4 is 4.74 Å². The van der Waals surface area contributed by atoms with Crippen LogP contribution in [0.1, 0.15) is 11.1 Å². The van der Waals surface area contributed by atoms with E-state index in [1.165, 1.54) is 0 Å². The van der Waals surface area contributed by atoms with Crippen LogP contribution in [0.2, 0.25) is 0 Å². The minimum Gasteiger partial charge on any atom is -0.438 e. The Morgan fingerprint density at radius 2 is 1.80 bits per heavy atom. The highest BCUT2D eigenvalue weighted by atomic mass is 16.5. The molecular weight excluding hydrogens is 250 g/mol. The van der Waals surface area contributed by atoms with Crippen LogP contribution in [-0.2, 0) is 6.61 Å². The summed E-state index contributed by atoms with van der Waals surface area (Å²) in [6, 6.07) is 17.4. The lowest BCUT2D eigenvalue weighted by atomic mass is 10.1. The third-order valence-corrected chi connectivity index (χ3v) is 3.22. The van der Waals surface area contributed by atoms with Crippen molar-refractivity contribution >= 4 is 10.9 Å². The van der Waals surface area contributed by atoms with Gasteiger partial charge in [0.2, 0.25) is 5.88 Å². The lowest BCUT2D eigenvalue weighted by molar-refractivity contribution is 0.276. The first-order valence-corrected chi connectivity index (χ1v) is 6.51. The molecule has 0 amide bonds. The molecule has 0 fully saturated rings. The maximum atomic E-state index is 9.34. The van der Waals surface area contributed by atoms with Crippen molar-refractivity contribution in [3.8, 4) is 11.6 Å². The number of aryl methyl sites for hydroxylation is 1. The summed E-state index contributed by atoms with van der Waals surface area (Å²) in [7, 11) is 0. The van der Waals surface area contributed by atoms with Gasteiger partial charge in [0.05, 0.1) is 12.1 Å². The van der Waals surface area contributed by atoms with Gasteiger partial charge in [-0.2, -0.15) is 0 Å². The van der Waals surface area contributed by atoms with Gasteiger partial charge in [-0.25, -0.2) is 4.98 Å². The number of nitrogens with zero attached hydrogens (tertiary/aromatic N) is 1. The summed E-state index contributed by atoms with van der Waals surface area (Å²) >= 11 is 0. The van der Waals surface area contributed by atoms with Crippen molar-refractivity contribution in [1.29, 1.82) is 0 Å². The molecule has 0 aliphatic carbocycles. The van der Waals surface area contributed by atoms with Crippen LogP contribution in [0.5, 0.6) is 11.6 Å². The summed E-state index contributed by atoms with van der Waals surface area (Å²) in [5.74, 6) is 1.21. The van der Waals surface area contributed by atoms with E-state index in [9.17, 15) is 5.11 Å². The number of pyridine rings is 1. The number of ether oxygens (including phenoxy) is 1. The van der Waals surface area contributed by atoms with Gasteiger partial charge >= 0.3 is 0 Å². The molecule has 0 atom stereocenters. The van der Waals surface area contributed by atoms with E-state index >= 15 is 0 Å². The van der Waals surface area contributed by atoms with Gasteiger partial charge in [0.25, 0.3) is 0 Å². The Labute approximate surface area is 117 Å². The standard InChI is InChI=1S/C17H15NO2/c1-12-10-13-6-2-4-8-15(13)18-17(12)20-16-9-5-3-7-14(16)11-19/h2-10,19H,11H2,1H3. The molecule has 3 heteroatoms. The van der Waals surface area contributed by atoms with Crippen LogP contribution in [0.25, 0.3) is 10.9 Å². The van der Waals surface area contributed by atoms with Gasteiger partial charge in [-0.1, -0.05) is 36.4 Å². The van der Waals surface area contributed by atoms with E-state index in [2.05, 4.69) is 11.1 Å². The number of hydrogen-bond acceptors (Lipinski definition) is 3. The van der Waals surface area contributed by atoms with E-state index in [1.54, 1.807) is 0 Å². The Hall–Kier alpha value is -2.39. The molecule has 1 heterocycles. The lowest BCUT2D eigenvalue weighted by Gasteiger charge is -2.11. The second-order valence-electron chi connectivity index (χ2n) is 4.67. The number of aromatic nitrogens is 1. The maximum Gasteiger partial charge on any atom is 0.222 e. The number of rotatable bonds is 3. The first-order chi connectivity index (χ1) is 9.78. The molecule has 0 saturated carbocycles. The van der Waals surface area contributed by atoms with Crippen molar-refractivity contribution < 1.29 is 9.84 Å². The number of aliphatic hydroxyl groups excluding tert-OH is 1. The average molecular weight is 265 g/mol. The zero-order valence-corrected chi connectivity index (χ0v) is 11.2. The molecule has 0 radical (unpaired) electrons. The number of hydrogen-bond donors (Lipinski definition) is 1. The number of benzene rings is 2. The van der Waals surface area contributed by atoms with Crippen molar-refractivity contribution in [2.75, 3.05) is 0 Å². The SMILES string of the molecule is Cc1cc2ccccc2nc1Oc1ccccc1CO. The van der Waals surface area contributed by atoms with Crippen molar-refractivity contribution in [3.05, 3.63) is 65.7 Å². The van der Waals surface area contributed by atoms with E-state index in [0.717, 1.165) is 22.0 Å². The Bertz CT molecular complexity index is 753. The Morgan fingerprint density at radius 3 is 2.65 bits per heavy atom. The van der Waals surface area contributed by atoms with E-state index in [1.807, 2.05) is 55.5 Å². The monoisotopic (exact) mass is 265 g/mol. The molecule has 3 aromatic rings. The maximum absolute atomic E-state index is 9.34. The second-order valence-corrected chi connectivity index (χ2v) is 4.67. The molecule has 1 aromatic heterocycles. The second kappa shape index (κ2) is 5.31. The van der Waals surface area contributed by atoms with Crippen molar-refractivity contribution in [2.45, 2.75) is 13.5 Å². The highest BCUT2D eigenvalue weighted by Gasteiger charge is 2.08.